The number of hydrogen-bond donors (Lipinski definition) is 1. The first-order valence-corrected chi connectivity index (χ1v) is 6.39. The third-order valence-electron chi connectivity index (χ3n) is 3.27. The smallest absolute Gasteiger partial charge is 0.0404 e. The van der Waals surface area contributed by atoms with E-state index in [1.165, 1.54) is 16.7 Å². The predicted octanol–water partition coefficient (Wildman–Crippen LogP) is 3.33. The molecule has 0 fully saturated rings. The van der Waals surface area contributed by atoms with E-state index in [0.29, 0.717) is 0 Å². The highest BCUT2D eigenvalue weighted by Crippen LogP contribution is 2.21. The van der Waals surface area contributed by atoms with E-state index in [4.69, 9.17) is 5.73 Å². The SMILES string of the molecule is Cc1ccc(C)c(C(N)CCc2ccccn2)c1. The van der Waals surface area contributed by atoms with Crippen LogP contribution in [0.4, 0.5) is 0 Å². The van der Waals surface area contributed by atoms with Gasteiger partial charge in [-0.3, -0.25) is 4.98 Å². The minimum atomic E-state index is 0.0897. The van der Waals surface area contributed by atoms with E-state index >= 15 is 0 Å². The number of aryl methyl sites for hydroxylation is 3. The normalized spacial score (nSPS) is 12.4. The maximum absolute atomic E-state index is 6.28. The van der Waals surface area contributed by atoms with Crippen LogP contribution in [0.3, 0.4) is 0 Å². The Morgan fingerprint density at radius 2 is 2.00 bits per heavy atom. The molecule has 0 radical (unpaired) electrons. The third kappa shape index (κ3) is 3.17. The molecule has 2 rings (SSSR count). The lowest BCUT2D eigenvalue weighted by Gasteiger charge is -2.15. The number of nitrogens with zero attached hydrogens (tertiary/aromatic N) is 1. The van der Waals surface area contributed by atoms with Gasteiger partial charge in [-0.05, 0) is 49.9 Å². The van der Waals surface area contributed by atoms with Crippen molar-refractivity contribution in [2.45, 2.75) is 32.7 Å². The van der Waals surface area contributed by atoms with Crippen molar-refractivity contribution in [2.75, 3.05) is 0 Å². The van der Waals surface area contributed by atoms with Gasteiger partial charge < -0.3 is 5.73 Å². The second kappa shape index (κ2) is 5.78. The highest BCUT2D eigenvalue weighted by Gasteiger charge is 2.09. The van der Waals surface area contributed by atoms with Crippen LogP contribution in [0.2, 0.25) is 0 Å². The minimum absolute atomic E-state index is 0.0897. The van der Waals surface area contributed by atoms with Gasteiger partial charge in [0.15, 0.2) is 0 Å². The van der Waals surface area contributed by atoms with Crippen molar-refractivity contribution in [3.05, 3.63) is 65.0 Å². The number of rotatable bonds is 4. The molecule has 0 amide bonds. The summed E-state index contributed by atoms with van der Waals surface area (Å²) in [5, 5.41) is 0. The standard InChI is InChI=1S/C16H20N2/c1-12-6-7-13(2)15(11-12)16(17)9-8-14-5-3-4-10-18-14/h3-7,10-11,16H,8-9,17H2,1-2H3. The van der Waals surface area contributed by atoms with Crippen LogP contribution in [-0.2, 0) is 6.42 Å². The first-order chi connectivity index (χ1) is 8.66. The Bertz CT molecular complexity index is 506. The number of benzene rings is 1. The molecule has 0 spiro atoms. The molecule has 94 valence electrons. The molecule has 2 aromatic rings. The van der Waals surface area contributed by atoms with Crippen molar-refractivity contribution < 1.29 is 0 Å². The molecule has 18 heavy (non-hydrogen) atoms. The fourth-order valence-electron chi connectivity index (χ4n) is 2.16. The van der Waals surface area contributed by atoms with Crippen LogP contribution >= 0.6 is 0 Å². The highest BCUT2D eigenvalue weighted by atomic mass is 14.7. The molecule has 2 heteroatoms. The molecule has 0 aliphatic carbocycles. The maximum atomic E-state index is 6.28. The quantitative estimate of drug-likeness (QED) is 0.890. The molecule has 1 atom stereocenters. The molecule has 1 aromatic carbocycles. The van der Waals surface area contributed by atoms with Gasteiger partial charge in [0, 0.05) is 17.9 Å². The van der Waals surface area contributed by atoms with E-state index < -0.39 is 0 Å². The van der Waals surface area contributed by atoms with Gasteiger partial charge in [0.2, 0.25) is 0 Å². The van der Waals surface area contributed by atoms with Gasteiger partial charge in [-0.2, -0.15) is 0 Å². The molecule has 2 N–H and O–H groups in total. The molecular weight excluding hydrogens is 220 g/mol. The van der Waals surface area contributed by atoms with E-state index in [2.05, 4.69) is 43.1 Å². The van der Waals surface area contributed by atoms with Crippen LogP contribution in [0.15, 0.2) is 42.6 Å². The van der Waals surface area contributed by atoms with Crippen molar-refractivity contribution in [3.63, 3.8) is 0 Å². The zero-order chi connectivity index (χ0) is 13.0. The van der Waals surface area contributed by atoms with Crippen LogP contribution in [0.5, 0.6) is 0 Å². The Morgan fingerprint density at radius 1 is 1.17 bits per heavy atom. The Kier molecular flexibility index (Phi) is 4.11. The lowest BCUT2D eigenvalue weighted by atomic mass is 9.96. The molecule has 0 saturated carbocycles. The average Bonchev–Trinajstić information content (AvgIpc) is 2.40. The van der Waals surface area contributed by atoms with Crippen LogP contribution in [0.25, 0.3) is 0 Å². The summed E-state index contributed by atoms with van der Waals surface area (Å²) in [6, 6.07) is 12.6. The first-order valence-electron chi connectivity index (χ1n) is 6.39. The number of pyridine rings is 1. The Morgan fingerprint density at radius 3 is 2.72 bits per heavy atom. The summed E-state index contributed by atoms with van der Waals surface area (Å²) in [7, 11) is 0. The number of aromatic nitrogens is 1. The molecule has 1 heterocycles. The van der Waals surface area contributed by atoms with Crippen molar-refractivity contribution in [1.29, 1.82) is 0 Å². The summed E-state index contributed by atoms with van der Waals surface area (Å²) in [5.41, 5.74) is 11.2. The maximum Gasteiger partial charge on any atom is 0.0404 e. The van der Waals surface area contributed by atoms with Gasteiger partial charge in [-0.15, -0.1) is 0 Å². The van der Waals surface area contributed by atoms with E-state index in [9.17, 15) is 0 Å². The van der Waals surface area contributed by atoms with Gasteiger partial charge in [0.05, 0.1) is 0 Å². The summed E-state index contributed by atoms with van der Waals surface area (Å²) in [6.07, 6.45) is 3.69. The van der Waals surface area contributed by atoms with Crippen molar-refractivity contribution in [1.82, 2.24) is 4.98 Å². The van der Waals surface area contributed by atoms with Crippen LogP contribution < -0.4 is 5.73 Å². The second-order valence-corrected chi connectivity index (χ2v) is 4.83. The molecular formula is C16H20N2. The lowest BCUT2D eigenvalue weighted by molar-refractivity contribution is 0.640. The summed E-state index contributed by atoms with van der Waals surface area (Å²) < 4.78 is 0. The fraction of sp³-hybridized carbons (Fsp3) is 0.312. The van der Waals surface area contributed by atoms with Crippen LogP contribution in [0, 0.1) is 13.8 Å². The van der Waals surface area contributed by atoms with Crippen molar-refractivity contribution in [2.24, 2.45) is 5.73 Å². The molecule has 1 unspecified atom stereocenters. The summed E-state index contributed by atoms with van der Waals surface area (Å²) in [5.74, 6) is 0. The zero-order valence-electron chi connectivity index (χ0n) is 11.1. The fourth-order valence-corrected chi connectivity index (χ4v) is 2.16. The average molecular weight is 240 g/mol. The van der Waals surface area contributed by atoms with Crippen molar-refractivity contribution in [3.8, 4) is 0 Å². The summed E-state index contributed by atoms with van der Waals surface area (Å²) in [4.78, 5) is 4.33. The third-order valence-corrected chi connectivity index (χ3v) is 3.27. The van der Waals surface area contributed by atoms with Crippen LogP contribution in [0.1, 0.15) is 34.8 Å². The Balaban J connectivity index is 2.03. The molecule has 0 saturated heterocycles. The topological polar surface area (TPSA) is 38.9 Å². The van der Waals surface area contributed by atoms with Crippen molar-refractivity contribution >= 4 is 0 Å². The number of nitrogens with two attached hydrogens (primary N) is 1. The summed E-state index contributed by atoms with van der Waals surface area (Å²) >= 11 is 0. The van der Waals surface area contributed by atoms with E-state index in [1.54, 1.807) is 0 Å². The van der Waals surface area contributed by atoms with E-state index in [1.807, 2.05) is 18.3 Å². The van der Waals surface area contributed by atoms with Crippen LogP contribution in [-0.4, -0.2) is 4.98 Å². The minimum Gasteiger partial charge on any atom is -0.324 e. The number of hydrogen-bond acceptors (Lipinski definition) is 2. The molecule has 1 aromatic heterocycles. The Labute approximate surface area is 109 Å². The lowest BCUT2D eigenvalue weighted by Crippen LogP contribution is -2.13. The van der Waals surface area contributed by atoms with E-state index in [-0.39, 0.29) is 6.04 Å². The highest BCUT2D eigenvalue weighted by molar-refractivity contribution is 5.32. The zero-order valence-corrected chi connectivity index (χ0v) is 11.1. The predicted molar refractivity (Wildman–Crippen MR) is 75.4 cm³/mol. The molecule has 2 nitrogen and oxygen atoms in total. The molecule has 0 bridgehead atoms. The first kappa shape index (κ1) is 12.8. The Hall–Kier alpha value is -1.67. The van der Waals surface area contributed by atoms with Gasteiger partial charge in [0.25, 0.3) is 0 Å². The van der Waals surface area contributed by atoms with Gasteiger partial charge in [-0.1, -0.05) is 29.8 Å². The molecule has 0 aliphatic rings. The van der Waals surface area contributed by atoms with Gasteiger partial charge >= 0.3 is 0 Å². The summed E-state index contributed by atoms with van der Waals surface area (Å²) in [6.45, 7) is 4.23. The second-order valence-electron chi connectivity index (χ2n) is 4.83. The largest absolute Gasteiger partial charge is 0.324 e. The van der Waals surface area contributed by atoms with Gasteiger partial charge in [-0.25, -0.2) is 0 Å². The monoisotopic (exact) mass is 240 g/mol. The van der Waals surface area contributed by atoms with E-state index in [0.717, 1.165) is 18.5 Å². The van der Waals surface area contributed by atoms with Gasteiger partial charge in [0.1, 0.15) is 0 Å². The molecule has 0 aliphatic heterocycles.